The number of hydrogen-bond acceptors (Lipinski definition) is 3. The van der Waals surface area contributed by atoms with Crippen LogP contribution in [0.5, 0.6) is 5.75 Å². The number of nitrogens with zero attached hydrogens (tertiary/aromatic N) is 3. The molecule has 1 saturated carbocycles. The molecule has 0 atom stereocenters. The van der Waals surface area contributed by atoms with Gasteiger partial charge < -0.3 is 9.64 Å². The molecule has 150 valence electrons. The number of ether oxygens (including phenoxy) is 1. The summed E-state index contributed by atoms with van der Waals surface area (Å²) >= 11 is 6.35. The molecule has 0 unspecified atom stereocenters. The Morgan fingerprint density at radius 2 is 2.04 bits per heavy atom. The molecule has 6 heteroatoms. The van der Waals surface area contributed by atoms with Crippen molar-refractivity contribution >= 4 is 17.5 Å². The third kappa shape index (κ3) is 4.35. The molecule has 1 aliphatic carbocycles. The van der Waals surface area contributed by atoms with Crippen LogP contribution in [0.2, 0.25) is 5.02 Å². The quantitative estimate of drug-likeness (QED) is 0.692. The minimum Gasteiger partial charge on any atom is -0.493 e. The summed E-state index contributed by atoms with van der Waals surface area (Å²) in [5.41, 5.74) is 3.13. The number of aromatic nitrogens is 2. The van der Waals surface area contributed by atoms with E-state index in [1.807, 2.05) is 18.0 Å². The van der Waals surface area contributed by atoms with Gasteiger partial charge in [0.1, 0.15) is 11.4 Å². The highest BCUT2D eigenvalue weighted by molar-refractivity contribution is 6.31. The van der Waals surface area contributed by atoms with Crippen molar-refractivity contribution in [2.24, 2.45) is 13.0 Å². The summed E-state index contributed by atoms with van der Waals surface area (Å²) < 4.78 is 7.33. The fraction of sp³-hybridized carbons (Fsp3) is 0.545. The van der Waals surface area contributed by atoms with E-state index in [4.69, 9.17) is 16.3 Å². The maximum Gasteiger partial charge on any atom is 0.226 e. The first kappa shape index (κ1) is 19.3. The largest absolute Gasteiger partial charge is 0.493 e. The molecule has 1 amide bonds. The summed E-state index contributed by atoms with van der Waals surface area (Å²) in [6.07, 6.45) is 9.47. The van der Waals surface area contributed by atoms with Crippen molar-refractivity contribution in [2.45, 2.75) is 58.0 Å². The second kappa shape index (κ2) is 8.56. The molecular formula is C22H28ClN3O2. The van der Waals surface area contributed by atoms with E-state index in [0.29, 0.717) is 18.1 Å². The smallest absolute Gasteiger partial charge is 0.226 e. The van der Waals surface area contributed by atoms with Gasteiger partial charge in [0.25, 0.3) is 0 Å². The summed E-state index contributed by atoms with van der Waals surface area (Å²) in [5, 5.41) is 5.08. The van der Waals surface area contributed by atoms with Gasteiger partial charge in [-0.15, -0.1) is 0 Å². The molecule has 1 aliphatic heterocycles. The third-order valence-electron chi connectivity index (χ3n) is 5.84. The van der Waals surface area contributed by atoms with Crippen LogP contribution in [0.4, 0.5) is 0 Å². The standard InChI is InChI=1S/C22H28ClN3O2/c1-25-14-19(23)20(24-25)15-26(22(27)17-6-4-2-3-5-7-17)13-16-8-9-21-18(12-16)10-11-28-21/h8-9,12,14,17H,2-7,10-11,13,15H2,1H3. The Labute approximate surface area is 171 Å². The molecule has 2 aliphatic rings. The van der Waals surface area contributed by atoms with Crippen molar-refractivity contribution in [1.82, 2.24) is 14.7 Å². The monoisotopic (exact) mass is 401 g/mol. The number of halogens is 1. The Kier molecular flexibility index (Phi) is 5.90. The maximum absolute atomic E-state index is 13.4. The summed E-state index contributed by atoms with van der Waals surface area (Å²) in [4.78, 5) is 15.4. The lowest BCUT2D eigenvalue weighted by molar-refractivity contribution is -0.137. The SMILES string of the molecule is Cn1cc(Cl)c(CN(Cc2ccc3c(c2)CCO3)C(=O)C2CCCCCC2)n1. The normalized spacial score (nSPS) is 17.1. The molecule has 0 spiro atoms. The third-order valence-corrected chi connectivity index (χ3v) is 6.15. The summed E-state index contributed by atoms with van der Waals surface area (Å²) in [7, 11) is 1.85. The summed E-state index contributed by atoms with van der Waals surface area (Å²) in [6, 6.07) is 6.27. The van der Waals surface area contributed by atoms with Crippen molar-refractivity contribution in [3.05, 3.63) is 46.2 Å². The predicted octanol–water partition coefficient (Wildman–Crippen LogP) is 4.51. The fourth-order valence-corrected chi connectivity index (χ4v) is 4.59. The molecule has 4 rings (SSSR count). The van der Waals surface area contributed by atoms with E-state index < -0.39 is 0 Å². The minimum absolute atomic E-state index is 0.114. The molecule has 2 aromatic rings. The average Bonchev–Trinajstić information content (AvgIpc) is 3.15. The van der Waals surface area contributed by atoms with Crippen molar-refractivity contribution in [3.8, 4) is 5.75 Å². The molecule has 0 N–H and O–H groups in total. The van der Waals surface area contributed by atoms with E-state index in [-0.39, 0.29) is 11.8 Å². The van der Waals surface area contributed by atoms with Crippen LogP contribution in [0, 0.1) is 5.92 Å². The van der Waals surface area contributed by atoms with Crippen molar-refractivity contribution < 1.29 is 9.53 Å². The van der Waals surface area contributed by atoms with E-state index in [1.54, 1.807) is 10.9 Å². The highest BCUT2D eigenvalue weighted by Gasteiger charge is 2.27. The van der Waals surface area contributed by atoms with Crippen LogP contribution >= 0.6 is 11.6 Å². The average molecular weight is 402 g/mol. The molecule has 5 nitrogen and oxygen atoms in total. The fourth-order valence-electron chi connectivity index (χ4n) is 4.35. The zero-order valence-electron chi connectivity index (χ0n) is 16.5. The first-order valence-corrected chi connectivity index (χ1v) is 10.7. The van der Waals surface area contributed by atoms with Gasteiger partial charge in [-0.05, 0) is 30.0 Å². The number of benzene rings is 1. The van der Waals surface area contributed by atoms with Gasteiger partial charge in [-0.3, -0.25) is 9.48 Å². The van der Waals surface area contributed by atoms with Crippen LogP contribution in [-0.4, -0.2) is 27.2 Å². The zero-order valence-corrected chi connectivity index (χ0v) is 17.2. The van der Waals surface area contributed by atoms with Gasteiger partial charge in [0, 0.05) is 32.1 Å². The molecule has 1 aromatic carbocycles. The summed E-state index contributed by atoms with van der Waals surface area (Å²) in [5.74, 6) is 1.32. The molecule has 2 heterocycles. The van der Waals surface area contributed by atoms with Crippen LogP contribution in [0.1, 0.15) is 55.3 Å². The van der Waals surface area contributed by atoms with Crippen molar-refractivity contribution in [3.63, 3.8) is 0 Å². The van der Waals surface area contributed by atoms with Gasteiger partial charge in [0.15, 0.2) is 0 Å². The second-order valence-corrected chi connectivity index (χ2v) is 8.43. The lowest BCUT2D eigenvalue weighted by Gasteiger charge is -2.27. The number of hydrogen-bond donors (Lipinski definition) is 0. The van der Waals surface area contributed by atoms with Gasteiger partial charge in [0.05, 0.1) is 18.2 Å². The Balaban J connectivity index is 1.56. The Bertz CT molecular complexity index is 840. The second-order valence-electron chi connectivity index (χ2n) is 8.02. The van der Waals surface area contributed by atoms with Crippen LogP contribution in [-0.2, 0) is 31.4 Å². The lowest BCUT2D eigenvalue weighted by Crippen LogP contribution is -2.35. The Morgan fingerprint density at radius 3 is 2.75 bits per heavy atom. The van der Waals surface area contributed by atoms with E-state index >= 15 is 0 Å². The van der Waals surface area contributed by atoms with Crippen LogP contribution in [0.25, 0.3) is 0 Å². The number of carbonyl (C=O) groups excluding carboxylic acids is 1. The molecule has 28 heavy (non-hydrogen) atoms. The first-order valence-electron chi connectivity index (χ1n) is 10.3. The lowest BCUT2D eigenvalue weighted by atomic mass is 9.98. The first-order chi connectivity index (χ1) is 13.6. The minimum atomic E-state index is 0.114. The van der Waals surface area contributed by atoms with Gasteiger partial charge >= 0.3 is 0 Å². The zero-order chi connectivity index (χ0) is 19.5. The van der Waals surface area contributed by atoms with Crippen LogP contribution < -0.4 is 4.74 Å². The number of carbonyl (C=O) groups is 1. The highest BCUT2D eigenvalue weighted by Crippen LogP contribution is 2.29. The van der Waals surface area contributed by atoms with E-state index in [9.17, 15) is 4.79 Å². The summed E-state index contributed by atoms with van der Waals surface area (Å²) in [6.45, 7) is 1.77. The Morgan fingerprint density at radius 1 is 1.25 bits per heavy atom. The van der Waals surface area contributed by atoms with E-state index in [1.165, 1.54) is 18.4 Å². The molecule has 1 aromatic heterocycles. The molecule has 1 fully saturated rings. The number of fused-ring (bicyclic) bond motifs is 1. The number of aryl methyl sites for hydroxylation is 1. The van der Waals surface area contributed by atoms with Crippen LogP contribution in [0.3, 0.4) is 0 Å². The van der Waals surface area contributed by atoms with Crippen LogP contribution in [0.15, 0.2) is 24.4 Å². The number of rotatable bonds is 5. The topological polar surface area (TPSA) is 47.4 Å². The molecule has 0 saturated heterocycles. The van der Waals surface area contributed by atoms with Gasteiger partial charge in [-0.1, -0.05) is 49.4 Å². The van der Waals surface area contributed by atoms with Gasteiger partial charge in [0.2, 0.25) is 5.91 Å². The molecule has 0 radical (unpaired) electrons. The van der Waals surface area contributed by atoms with E-state index in [2.05, 4.69) is 17.2 Å². The van der Waals surface area contributed by atoms with Gasteiger partial charge in [-0.25, -0.2) is 0 Å². The molecule has 0 bridgehead atoms. The maximum atomic E-state index is 13.4. The van der Waals surface area contributed by atoms with Gasteiger partial charge in [-0.2, -0.15) is 5.10 Å². The van der Waals surface area contributed by atoms with Crippen molar-refractivity contribution in [1.29, 1.82) is 0 Å². The number of amides is 1. The Hall–Kier alpha value is -2.01. The predicted molar refractivity (Wildman–Crippen MR) is 109 cm³/mol. The molecular weight excluding hydrogens is 374 g/mol. The van der Waals surface area contributed by atoms with Crippen molar-refractivity contribution in [2.75, 3.05) is 6.61 Å². The highest BCUT2D eigenvalue weighted by atomic mass is 35.5. The van der Waals surface area contributed by atoms with E-state index in [0.717, 1.165) is 55.7 Å².